The van der Waals surface area contributed by atoms with E-state index in [1.807, 2.05) is 23.1 Å². The minimum atomic E-state index is 0.199. The van der Waals surface area contributed by atoms with E-state index in [9.17, 15) is 4.79 Å². The summed E-state index contributed by atoms with van der Waals surface area (Å²) in [6.07, 6.45) is 8.08. The van der Waals surface area contributed by atoms with Gasteiger partial charge in [-0.25, -0.2) is 4.98 Å². The smallest absolute Gasteiger partial charge is 0.241 e. The van der Waals surface area contributed by atoms with Crippen LogP contribution in [-0.4, -0.2) is 53.6 Å². The molecule has 6 heteroatoms. The SMILES string of the molecule is O=C(CN1CCCC(COc2cnccn2)C1)N1CCc2ccccc21. The van der Waals surface area contributed by atoms with Crippen LogP contribution < -0.4 is 9.64 Å². The number of hydrogen-bond donors (Lipinski definition) is 0. The number of aromatic nitrogens is 2. The number of benzene rings is 1. The first-order valence-corrected chi connectivity index (χ1v) is 9.29. The lowest BCUT2D eigenvalue weighted by Crippen LogP contribution is -2.44. The van der Waals surface area contributed by atoms with Gasteiger partial charge in [0, 0.05) is 37.1 Å². The molecule has 0 aliphatic carbocycles. The highest BCUT2D eigenvalue weighted by Crippen LogP contribution is 2.28. The Labute approximate surface area is 153 Å². The molecule has 2 aliphatic rings. The number of likely N-dealkylation sites (tertiary alicyclic amines) is 1. The van der Waals surface area contributed by atoms with Crippen molar-refractivity contribution < 1.29 is 9.53 Å². The third-order valence-electron chi connectivity index (χ3n) is 5.16. The monoisotopic (exact) mass is 352 g/mol. The minimum Gasteiger partial charge on any atom is -0.476 e. The van der Waals surface area contributed by atoms with Crippen molar-refractivity contribution in [3.05, 3.63) is 48.4 Å². The molecule has 0 bridgehead atoms. The van der Waals surface area contributed by atoms with Gasteiger partial charge in [0.05, 0.1) is 19.3 Å². The number of carbonyl (C=O) groups is 1. The number of rotatable bonds is 5. The average Bonchev–Trinajstić information content (AvgIpc) is 3.12. The van der Waals surface area contributed by atoms with Crippen molar-refractivity contribution in [3.63, 3.8) is 0 Å². The van der Waals surface area contributed by atoms with E-state index in [1.54, 1.807) is 18.6 Å². The standard InChI is InChI=1S/C20H24N4O2/c25-20(24-11-7-17-5-1-2-6-18(17)24)14-23-10-3-4-16(13-23)15-26-19-12-21-8-9-22-19/h1-2,5-6,8-9,12,16H,3-4,7,10-11,13-15H2. The molecule has 0 radical (unpaired) electrons. The van der Waals surface area contributed by atoms with Crippen LogP contribution in [0.2, 0.25) is 0 Å². The second kappa shape index (κ2) is 7.83. The van der Waals surface area contributed by atoms with Crippen LogP contribution in [0.1, 0.15) is 18.4 Å². The molecule has 0 N–H and O–H groups in total. The van der Waals surface area contributed by atoms with Gasteiger partial charge in [0.2, 0.25) is 11.8 Å². The van der Waals surface area contributed by atoms with Crippen LogP contribution >= 0.6 is 0 Å². The third-order valence-corrected chi connectivity index (χ3v) is 5.16. The first-order chi connectivity index (χ1) is 12.8. The van der Waals surface area contributed by atoms with E-state index in [4.69, 9.17) is 4.74 Å². The van der Waals surface area contributed by atoms with Crippen LogP contribution in [-0.2, 0) is 11.2 Å². The molecule has 1 atom stereocenters. The lowest BCUT2D eigenvalue weighted by atomic mass is 9.99. The molecule has 0 saturated carbocycles. The Morgan fingerprint density at radius 2 is 2.15 bits per heavy atom. The first-order valence-electron chi connectivity index (χ1n) is 9.29. The Hall–Kier alpha value is -2.47. The minimum absolute atomic E-state index is 0.199. The second-order valence-electron chi connectivity index (χ2n) is 7.02. The Morgan fingerprint density at radius 1 is 1.23 bits per heavy atom. The molecule has 1 unspecified atom stereocenters. The zero-order chi connectivity index (χ0) is 17.8. The van der Waals surface area contributed by atoms with Gasteiger partial charge in [-0.1, -0.05) is 18.2 Å². The van der Waals surface area contributed by atoms with Gasteiger partial charge in [0.25, 0.3) is 0 Å². The fraction of sp³-hybridized carbons (Fsp3) is 0.450. The summed E-state index contributed by atoms with van der Waals surface area (Å²) >= 11 is 0. The molecule has 4 rings (SSSR count). The summed E-state index contributed by atoms with van der Waals surface area (Å²) < 4.78 is 5.75. The Morgan fingerprint density at radius 3 is 3.04 bits per heavy atom. The van der Waals surface area contributed by atoms with Gasteiger partial charge < -0.3 is 9.64 Å². The number of anilines is 1. The van der Waals surface area contributed by atoms with Crippen LogP contribution in [0.5, 0.6) is 5.88 Å². The van der Waals surface area contributed by atoms with E-state index >= 15 is 0 Å². The highest BCUT2D eigenvalue weighted by atomic mass is 16.5. The molecule has 3 heterocycles. The average molecular weight is 352 g/mol. The largest absolute Gasteiger partial charge is 0.476 e. The number of para-hydroxylation sites is 1. The van der Waals surface area contributed by atoms with E-state index in [0.717, 1.165) is 44.6 Å². The van der Waals surface area contributed by atoms with Crippen molar-refractivity contribution >= 4 is 11.6 Å². The molecular formula is C20H24N4O2. The summed E-state index contributed by atoms with van der Waals surface area (Å²) in [6.45, 7) is 3.77. The first kappa shape index (κ1) is 17.0. The van der Waals surface area contributed by atoms with Gasteiger partial charge in [-0.05, 0) is 37.4 Å². The molecule has 6 nitrogen and oxygen atoms in total. The molecule has 1 saturated heterocycles. The Kier molecular flexibility index (Phi) is 5.11. The number of amides is 1. The highest BCUT2D eigenvalue weighted by molar-refractivity contribution is 5.96. The maximum absolute atomic E-state index is 12.8. The van der Waals surface area contributed by atoms with Crippen LogP contribution in [0, 0.1) is 5.92 Å². The molecule has 26 heavy (non-hydrogen) atoms. The van der Waals surface area contributed by atoms with Gasteiger partial charge >= 0.3 is 0 Å². The van der Waals surface area contributed by atoms with E-state index in [2.05, 4.69) is 20.9 Å². The third kappa shape index (κ3) is 3.85. The van der Waals surface area contributed by atoms with Crippen LogP contribution in [0.25, 0.3) is 0 Å². The fourth-order valence-electron chi connectivity index (χ4n) is 3.87. The summed E-state index contributed by atoms with van der Waals surface area (Å²) in [5, 5.41) is 0. The number of hydrogen-bond acceptors (Lipinski definition) is 5. The van der Waals surface area contributed by atoms with E-state index in [1.165, 1.54) is 5.56 Å². The number of fused-ring (bicyclic) bond motifs is 1. The van der Waals surface area contributed by atoms with Crippen molar-refractivity contribution in [2.45, 2.75) is 19.3 Å². The molecule has 1 aromatic heterocycles. The van der Waals surface area contributed by atoms with Gasteiger partial charge in [0.1, 0.15) is 0 Å². The van der Waals surface area contributed by atoms with Crippen molar-refractivity contribution in [3.8, 4) is 5.88 Å². The Balaban J connectivity index is 1.30. The molecule has 1 aromatic carbocycles. The Bertz CT molecular complexity index is 752. The van der Waals surface area contributed by atoms with E-state index in [0.29, 0.717) is 24.9 Å². The molecule has 1 fully saturated rings. The zero-order valence-corrected chi connectivity index (χ0v) is 14.9. The number of ether oxygens (including phenoxy) is 1. The van der Waals surface area contributed by atoms with Crippen molar-refractivity contribution in [1.82, 2.24) is 14.9 Å². The fourth-order valence-corrected chi connectivity index (χ4v) is 3.87. The van der Waals surface area contributed by atoms with E-state index < -0.39 is 0 Å². The molecule has 0 spiro atoms. The topological polar surface area (TPSA) is 58.6 Å². The van der Waals surface area contributed by atoms with Gasteiger partial charge in [-0.3, -0.25) is 14.7 Å². The van der Waals surface area contributed by atoms with E-state index in [-0.39, 0.29) is 5.91 Å². The lowest BCUT2D eigenvalue weighted by Gasteiger charge is -2.33. The van der Waals surface area contributed by atoms with Crippen LogP contribution in [0.3, 0.4) is 0 Å². The molecule has 1 amide bonds. The molecule has 136 valence electrons. The quantitative estimate of drug-likeness (QED) is 0.825. The summed E-state index contributed by atoms with van der Waals surface area (Å²) in [4.78, 5) is 25.2. The maximum Gasteiger partial charge on any atom is 0.241 e. The van der Waals surface area contributed by atoms with Crippen LogP contribution in [0.4, 0.5) is 5.69 Å². The zero-order valence-electron chi connectivity index (χ0n) is 14.9. The summed E-state index contributed by atoms with van der Waals surface area (Å²) in [6, 6.07) is 8.21. The summed E-state index contributed by atoms with van der Waals surface area (Å²) in [7, 11) is 0. The number of nitrogens with zero attached hydrogens (tertiary/aromatic N) is 4. The van der Waals surface area contributed by atoms with Crippen LogP contribution in [0.15, 0.2) is 42.9 Å². The van der Waals surface area contributed by atoms with Crippen molar-refractivity contribution in [2.24, 2.45) is 5.92 Å². The van der Waals surface area contributed by atoms with Crippen molar-refractivity contribution in [2.75, 3.05) is 37.7 Å². The van der Waals surface area contributed by atoms with Gasteiger partial charge in [-0.15, -0.1) is 0 Å². The van der Waals surface area contributed by atoms with Gasteiger partial charge in [0.15, 0.2) is 0 Å². The number of piperidine rings is 1. The maximum atomic E-state index is 12.8. The molecular weight excluding hydrogens is 328 g/mol. The normalized spacial score (nSPS) is 20.0. The summed E-state index contributed by atoms with van der Waals surface area (Å²) in [5.41, 5.74) is 2.35. The highest BCUT2D eigenvalue weighted by Gasteiger charge is 2.28. The van der Waals surface area contributed by atoms with Gasteiger partial charge in [-0.2, -0.15) is 0 Å². The predicted octanol–water partition coefficient (Wildman–Crippen LogP) is 2.16. The van der Waals surface area contributed by atoms with Crippen molar-refractivity contribution in [1.29, 1.82) is 0 Å². The summed E-state index contributed by atoms with van der Waals surface area (Å²) in [5.74, 6) is 1.18. The molecule has 2 aromatic rings. The number of carbonyl (C=O) groups excluding carboxylic acids is 1. The lowest BCUT2D eigenvalue weighted by molar-refractivity contribution is -0.120. The second-order valence-corrected chi connectivity index (χ2v) is 7.02. The molecule has 2 aliphatic heterocycles. The predicted molar refractivity (Wildman–Crippen MR) is 99.2 cm³/mol.